The topological polar surface area (TPSA) is 175 Å². The Bertz CT molecular complexity index is 659. The number of carbonyl (C=O) groups is 1. The van der Waals surface area contributed by atoms with Gasteiger partial charge in [0.1, 0.15) is 5.82 Å². The lowest BCUT2D eigenvalue weighted by atomic mass is 9.85. The van der Waals surface area contributed by atoms with Crippen LogP contribution in [0.5, 0.6) is 0 Å². The number of amides is 1. The van der Waals surface area contributed by atoms with Crippen LogP contribution >= 0.6 is 0 Å². The maximum atomic E-state index is 12.2. The number of rotatable bonds is 8. The number of ether oxygens (including phenoxy) is 1. The highest BCUT2D eigenvalue weighted by Gasteiger charge is 2.26. The highest BCUT2D eigenvalue weighted by Crippen LogP contribution is 2.29. The Morgan fingerprint density at radius 3 is 2.55 bits per heavy atom. The van der Waals surface area contributed by atoms with E-state index in [1.165, 1.54) is 0 Å². The minimum Gasteiger partial charge on any atom is -0.396 e. The van der Waals surface area contributed by atoms with E-state index in [0.717, 1.165) is 76.6 Å². The molecule has 0 radical (unpaired) electrons. The number of anilines is 3. The van der Waals surface area contributed by atoms with Crippen molar-refractivity contribution in [3.63, 3.8) is 0 Å². The van der Waals surface area contributed by atoms with Crippen molar-refractivity contribution >= 4 is 23.1 Å². The summed E-state index contributed by atoms with van der Waals surface area (Å²) in [4.78, 5) is 19.0. The number of nitrogens with one attached hydrogen (secondary N) is 3. The summed E-state index contributed by atoms with van der Waals surface area (Å²) in [6, 6.07) is 2.53. The molecule has 1 aromatic rings. The minimum absolute atomic E-state index is 0. The van der Waals surface area contributed by atoms with Crippen molar-refractivity contribution < 1.29 is 9.53 Å². The zero-order valence-electron chi connectivity index (χ0n) is 19.2. The van der Waals surface area contributed by atoms with Crippen molar-refractivity contribution in [2.24, 2.45) is 5.92 Å². The van der Waals surface area contributed by atoms with E-state index in [1.807, 2.05) is 19.9 Å². The molecule has 0 aromatic carbocycles. The van der Waals surface area contributed by atoms with E-state index in [0.29, 0.717) is 11.7 Å². The lowest BCUT2D eigenvalue weighted by Gasteiger charge is -2.30. The van der Waals surface area contributed by atoms with Crippen LogP contribution in [0.4, 0.5) is 17.2 Å². The summed E-state index contributed by atoms with van der Waals surface area (Å²) in [6.45, 7) is 9.43. The van der Waals surface area contributed by atoms with Gasteiger partial charge in [-0.05, 0) is 39.5 Å². The van der Waals surface area contributed by atoms with Gasteiger partial charge in [-0.3, -0.25) is 9.69 Å². The van der Waals surface area contributed by atoms with Crippen LogP contribution in [-0.2, 0) is 9.53 Å². The minimum atomic E-state index is 0. The Balaban J connectivity index is 0.00000240. The van der Waals surface area contributed by atoms with Gasteiger partial charge < -0.3 is 38.7 Å². The van der Waals surface area contributed by atoms with Crippen molar-refractivity contribution in [1.29, 1.82) is 0 Å². The number of aromatic nitrogens is 1. The highest BCUT2D eigenvalue weighted by atomic mass is 16.5. The molecule has 1 saturated heterocycles. The maximum absolute atomic E-state index is 12.2. The SMILES string of the molecule is CC(C)NC(=O)C1CCC(Nc2cc(NCCN3CCOCC3)ncc2N)CC1.N.N. The Labute approximate surface area is 186 Å². The summed E-state index contributed by atoms with van der Waals surface area (Å²) in [5.41, 5.74) is 7.72. The fourth-order valence-corrected chi connectivity index (χ4v) is 3.98. The third kappa shape index (κ3) is 8.48. The van der Waals surface area contributed by atoms with Gasteiger partial charge >= 0.3 is 0 Å². The van der Waals surface area contributed by atoms with E-state index in [1.54, 1.807) is 6.20 Å². The number of hydrogen-bond acceptors (Lipinski definition) is 9. The van der Waals surface area contributed by atoms with Crippen LogP contribution in [0.25, 0.3) is 0 Å². The van der Waals surface area contributed by atoms with Crippen molar-refractivity contribution in [1.82, 2.24) is 27.5 Å². The van der Waals surface area contributed by atoms with Gasteiger partial charge in [-0.25, -0.2) is 4.98 Å². The van der Waals surface area contributed by atoms with Gasteiger partial charge in [0.25, 0.3) is 0 Å². The molecule has 11 N–H and O–H groups in total. The van der Waals surface area contributed by atoms with Gasteiger partial charge in [0.15, 0.2) is 0 Å². The van der Waals surface area contributed by atoms with Gasteiger partial charge in [0.05, 0.1) is 30.8 Å². The standard InChI is InChI=1S/C21H36N6O2.2H3N/c1-15(2)25-21(28)16-3-5-17(6-4-16)26-19-13-20(24-14-18(19)22)23-7-8-27-9-11-29-12-10-27;;/h13-17H,3-12,22H2,1-2H3,(H,25,28)(H2,23,24,26);2*1H3. The second-order valence-corrected chi connectivity index (χ2v) is 8.39. The average Bonchev–Trinajstić information content (AvgIpc) is 2.71. The second-order valence-electron chi connectivity index (χ2n) is 8.39. The molecule has 0 unspecified atom stereocenters. The maximum Gasteiger partial charge on any atom is 0.223 e. The number of morpholine rings is 1. The zero-order chi connectivity index (χ0) is 20.6. The van der Waals surface area contributed by atoms with Crippen molar-refractivity contribution in [3.05, 3.63) is 12.3 Å². The van der Waals surface area contributed by atoms with Gasteiger partial charge in [0.2, 0.25) is 5.91 Å². The molecule has 2 fully saturated rings. The Morgan fingerprint density at radius 2 is 1.90 bits per heavy atom. The van der Waals surface area contributed by atoms with Crippen LogP contribution in [0, 0.1) is 5.92 Å². The van der Waals surface area contributed by atoms with Crippen LogP contribution in [0.3, 0.4) is 0 Å². The fourth-order valence-electron chi connectivity index (χ4n) is 3.98. The van der Waals surface area contributed by atoms with Gasteiger partial charge in [0, 0.05) is 50.2 Å². The van der Waals surface area contributed by atoms with Gasteiger partial charge in [-0.2, -0.15) is 0 Å². The molecule has 1 saturated carbocycles. The third-order valence-electron chi connectivity index (χ3n) is 5.66. The molecule has 2 aliphatic rings. The van der Waals surface area contributed by atoms with Gasteiger partial charge in [-0.15, -0.1) is 0 Å². The Morgan fingerprint density at radius 1 is 1.23 bits per heavy atom. The summed E-state index contributed by atoms with van der Waals surface area (Å²) in [7, 11) is 0. The number of nitrogen functional groups attached to an aromatic ring is 1. The van der Waals surface area contributed by atoms with Gasteiger partial charge in [-0.1, -0.05) is 0 Å². The first kappa shape index (κ1) is 26.9. The highest BCUT2D eigenvalue weighted by molar-refractivity contribution is 5.79. The molecule has 1 aliphatic heterocycles. The summed E-state index contributed by atoms with van der Waals surface area (Å²) >= 11 is 0. The number of nitrogens with two attached hydrogens (primary N) is 1. The molecule has 0 atom stereocenters. The van der Waals surface area contributed by atoms with Crippen LogP contribution in [-0.4, -0.2) is 67.3 Å². The molecule has 1 aromatic heterocycles. The van der Waals surface area contributed by atoms with E-state index in [9.17, 15) is 4.79 Å². The monoisotopic (exact) mass is 438 g/mol. The van der Waals surface area contributed by atoms with E-state index >= 15 is 0 Å². The molecule has 1 aliphatic carbocycles. The molecule has 31 heavy (non-hydrogen) atoms. The van der Waals surface area contributed by atoms with Crippen molar-refractivity contribution in [2.75, 3.05) is 55.8 Å². The first-order valence-electron chi connectivity index (χ1n) is 10.9. The molecular weight excluding hydrogens is 396 g/mol. The Hall–Kier alpha value is -2.14. The van der Waals surface area contributed by atoms with E-state index in [-0.39, 0.29) is 30.2 Å². The molecule has 10 heteroatoms. The smallest absolute Gasteiger partial charge is 0.223 e. The molecule has 1 amide bonds. The van der Waals surface area contributed by atoms with E-state index < -0.39 is 0 Å². The predicted octanol–water partition coefficient (Wildman–Crippen LogP) is 2.23. The molecule has 0 spiro atoms. The normalized spacial score (nSPS) is 21.5. The lowest BCUT2D eigenvalue weighted by Crippen LogP contribution is -2.39. The van der Waals surface area contributed by atoms with Crippen LogP contribution in [0.2, 0.25) is 0 Å². The van der Waals surface area contributed by atoms with Crippen molar-refractivity contribution in [3.8, 4) is 0 Å². The predicted molar refractivity (Wildman–Crippen MR) is 127 cm³/mol. The van der Waals surface area contributed by atoms with E-state index in [4.69, 9.17) is 10.5 Å². The van der Waals surface area contributed by atoms with Crippen LogP contribution in [0.15, 0.2) is 12.3 Å². The van der Waals surface area contributed by atoms with E-state index in [2.05, 4.69) is 25.8 Å². The molecule has 0 bridgehead atoms. The first-order valence-corrected chi connectivity index (χ1v) is 10.9. The fraction of sp³-hybridized carbons (Fsp3) is 0.714. The zero-order valence-corrected chi connectivity index (χ0v) is 19.2. The summed E-state index contributed by atoms with van der Waals surface area (Å²) in [6.07, 6.45) is 5.47. The van der Waals surface area contributed by atoms with Crippen LogP contribution in [0.1, 0.15) is 39.5 Å². The lowest BCUT2D eigenvalue weighted by molar-refractivity contribution is -0.126. The quantitative estimate of drug-likeness (QED) is 0.355. The second kappa shape index (κ2) is 13.3. The number of pyridine rings is 1. The number of carbonyl (C=O) groups excluding carboxylic acids is 1. The Kier molecular flexibility index (Phi) is 11.5. The average molecular weight is 439 g/mol. The molecule has 10 nitrogen and oxygen atoms in total. The molecule has 3 rings (SSSR count). The summed E-state index contributed by atoms with van der Waals surface area (Å²) < 4.78 is 5.38. The largest absolute Gasteiger partial charge is 0.396 e. The number of nitrogens with zero attached hydrogens (tertiary/aromatic N) is 2. The van der Waals surface area contributed by atoms with Crippen molar-refractivity contribution in [2.45, 2.75) is 51.6 Å². The summed E-state index contributed by atoms with van der Waals surface area (Å²) in [5, 5.41) is 9.99. The molecule has 2 heterocycles. The number of hydrogen-bond donors (Lipinski definition) is 6. The first-order chi connectivity index (χ1) is 14.0. The third-order valence-corrected chi connectivity index (χ3v) is 5.66. The van der Waals surface area contributed by atoms with Crippen LogP contribution < -0.4 is 34.0 Å². The molecule has 178 valence electrons. The summed E-state index contributed by atoms with van der Waals surface area (Å²) in [5.74, 6) is 1.15. The molecular formula is C21H42N8O2.